The third-order valence-corrected chi connectivity index (χ3v) is 5.79. The first-order chi connectivity index (χ1) is 15.8. The Morgan fingerprint density at radius 2 is 1.84 bits per heavy atom. The Hall–Kier alpha value is -2.92. The second kappa shape index (κ2) is 8.55. The zero-order chi connectivity index (χ0) is 23.2. The van der Waals surface area contributed by atoms with E-state index in [0.29, 0.717) is 68.6 Å². The molecule has 1 aliphatic heterocycles. The van der Waals surface area contributed by atoms with E-state index in [1.165, 1.54) is 6.20 Å². The summed E-state index contributed by atoms with van der Waals surface area (Å²) in [5.41, 5.74) is 0.271. The summed E-state index contributed by atoms with van der Waals surface area (Å²) in [6.07, 6.45) is 3.63. The van der Waals surface area contributed by atoms with Crippen molar-refractivity contribution in [1.82, 2.24) is 19.5 Å². The fourth-order valence-electron chi connectivity index (χ4n) is 4.12. The Morgan fingerprint density at radius 3 is 2.53 bits per heavy atom. The summed E-state index contributed by atoms with van der Waals surface area (Å²) in [5.74, 6) is -2.84. The van der Waals surface area contributed by atoms with Crippen molar-refractivity contribution in [3.05, 3.63) is 35.8 Å². The largest absolute Gasteiger partial charge is 0.393 e. The summed E-state index contributed by atoms with van der Waals surface area (Å²) in [4.78, 5) is 13.2. The topological polar surface area (TPSA) is 97.1 Å². The molecule has 1 saturated carbocycles. The van der Waals surface area contributed by atoms with Crippen LogP contribution in [0.5, 0.6) is 0 Å². The van der Waals surface area contributed by atoms with Gasteiger partial charge >= 0.3 is 0 Å². The molecule has 5 rings (SSSR count). The highest BCUT2D eigenvalue weighted by Gasteiger charge is 2.27. The van der Waals surface area contributed by atoms with Crippen LogP contribution < -0.4 is 10.6 Å². The van der Waals surface area contributed by atoms with Gasteiger partial charge in [-0.25, -0.2) is 23.1 Å². The van der Waals surface area contributed by atoms with Crippen LogP contribution in [-0.4, -0.2) is 50.0 Å². The van der Waals surface area contributed by atoms with Gasteiger partial charge in [-0.05, 0) is 32.1 Å². The Morgan fingerprint density at radius 1 is 1.09 bits per heavy atom. The molecule has 1 aromatic carbocycles. The summed E-state index contributed by atoms with van der Waals surface area (Å²) in [6, 6.07) is -0.0153. The number of ether oxygens (including phenoxy) is 1. The second-order valence-electron chi connectivity index (χ2n) is 8.05. The second-order valence-corrected chi connectivity index (χ2v) is 8.05. The number of fused-ring (bicyclic) bond motifs is 1. The standard InChI is InChI=1S/C21H23F3N6O2/c22-11-7-15(23)18(16(24)8-11)28-21-27-17-9-25-20(26-12-1-3-14(31)4-2-12)29-19(17)30(21)13-5-6-32-10-13/h7-9,12-14,31H,1-6,10H2,(H,27,28)(H,25,26,29)/i12D. The van der Waals surface area contributed by atoms with Gasteiger partial charge < -0.3 is 20.5 Å². The Labute approximate surface area is 183 Å². The van der Waals surface area contributed by atoms with Crippen molar-refractivity contribution < 1.29 is 24.4 Å². The van der Waals surface area contributed by atoms with Crippen LogP contribution in [0.3, 0.4) is 0 Å². The van der Waals surface area contributed by atoms with E-state index in [0.717, 1.165) is 0 Å². The average molecular weight is 449 g/mol. The molecule has 32 heavy (non-hydrogen) atoms. The lowest BCUT2D eigenvalue weighted by molar-refractivity contribution is 0.126. The minimum atomic E-state index is -1.09. The Kier molecular flexibility index (Phi) is 5.27. The van der Waals surface area contributed by atoms with Crippen molar-refractivity contribution in [3.8, 4) is 0 Å². The van der Waals surface area contributed by atoms with Crippen molar-refractivity contribution in [2.45, 2.75) is 50.3 Å². The molecule has 2 aliphatic rings. The average Bonchev–Trinajstić information content (AvgIpc) is 3.40. The molecule has 1 saturated heterocycles. The van der Waals surface area contributed by atoms with Gasteiger partial charge in [0.1, 0.15) is 17.0 Å². The van der Waals surface area contributed by atoms with E-state index in [1.54, 1.807) is 4.57 Å². The number of hydrogen-bond donors (Lipinski definition) is 3. The van der Waals surface area contributed by atoms with Gasteiger partial charge in [0.2, 0.25) is 11.9 Å². The van der Waals surface area contributed by atoms with E-state index in [4.69, 9.17) is 6.11 Å². The number of aliphatic hydroxyl groups is 1. The lowest BCUT2D eigenvalue weighted by Gasteiger charge is -2.26. The monoisotopic (exact) mass is 449 g/mol. The van der Waals surface area contributed by atoms with E-state index in [2.05, 4.69) is 25.6 Å². The lowest BCUT2D eigenvalue weighted by Crippen LogP contribution is -2.29. The van der Waals surface area contributed by atoms with Crippen molar-refractivity contribution in [2.24, 2.45) is 0 Å². The van der Waals surface area contributed by atoms with Crippen molar-refractivity contribution in [1.29, 1.82) is 0 Å². The fourth-order valence-corrected chi connectivity index (χ4v) is 4.12. The highest BCUT2D eigenvalue weighted by atomic mass is 19.1. The van der Waals surface area contributed by atoms with Crippen LogP contribution in [-0.2, 0) is 4.74 Å². The van der Waals surface area contributed by atoms with Crippen LogP contribution in [0.15, 0.2) is 18.3 Å². The number of nitrogens with zero attached hydrogens (tertiary/aromatic N) is 4. The van der Waals surface area contributed by atoms with E-state index in [-0.39, 0.29) is 17.9 Å². The van der Waals surface area contributed by atoms with Gasteiger partial charge in [-0.3, -0.25) is 4.57 Å². The maximum absolute atomic E-state index is 14.3. The number of rotatable bonds is 5. The minimum Gasteiger partial charge on any atom is -0.393 e. The number of nitrogens with one attached hydrogen (secondary N) is 2. The van der Waals surface area contributed by atoms with Gasteiger partial charge in [-0.15, -0.1) is 0 Å². The number of aromatic nitrogens is 4. The molecule has 2 aromatic heterocycles. The Bertz CT molecular complexity index is 1160. The molecule has 1 atom stereocenters. The van der Waals surface area contributed by atoms with Crippen LogP contribution in [0.4, 0.5) is 30.8 Å². The SMILES string of the molecule is [2H]C1(Nc2ncc3nc(Nc4c(F)cc(F)cc4F)n(C4CCOC4)c3n2)CCC(O)CC1. The van der Waals surface area contributed by atoms with E-state index < -0.39 is 35.3 Å². The van der Waals surface area contributed by atoms with Crippen LogP contribution in [0, 0.1) is 17.5 Å². The van der Waals surface area contributed by atoms with E-state index in [1.807, 2.05) is 0 Å². The molecular weight excluding hydrogens is 425 g/mol. The summed E-state index contributed by atoms with van der Waals surface area (Å²) >= 11 is 0. The summed E-state index contributed by atoms with van der Waals surface area (Å²) in [7, 11) is 0. The minimum absolute atomic E-state index is 0.123. The van der Waals surface area contributed by atoms with E-state index in [9.17, 15) is 18.3 Å². The molecule has 0 spiro atoms. The molecule has 1 unspecified atom stereocenters. The van der Waals surface area contributed by atoms with Crippen LogP contribution >= 0.6 is 0 Å². The van der Waals surface area contributed by atoms with Gasteiger partial charge in [0.15, 0.2) is 17.3 Å². The molecule has 2 fully saturated rings. The number of aliphatic hydroxyl groups excluding tert-OH is 1. The number of imidazole rings is 1. The van der Waals surface area contributed by atoms with Gasteiger partial charge in [0.05, 0.1) is 26.3 Å². The van der Waals surface area contributed by atoms with E-state index >= 15 is 0 Å². The third-order valence-electron chi connectivity index (χ3n) is 5.79. The number of anilines is 3. The van der Waals surface area contributed by atoms with Crippen molar-refractivity contribution in [3.63, 3.8) is 0 Å². The molecule has 0 amide bonds. The predicted molar refractivity (Wildman–Crippen MR) is 111 cm³/mol. The molecule has 8 nitrogen and oxygen atoms in total. The maximum atomic E-state index is 14.3. The maximum Gasteiger partial charge on any atom is 0.224 e. The van der Waals surface area contributed by atoms with Crippen LogP contribution in [0.1, 0.15) is 39.5 Å². The van der Waals surface area contributed by atoms with Gasteiger partial charge in [-0.1, -0.05) is 0 Å². The highest BCUT2D eigenvalue weighted by molar-refractivity contribution is 5.76. The molecule has 0 radical (unpaired) electrons. The molecule has 3 N–H and O–H groups in total. The summed E-state index contributed by atoms with van der Waals surface area (Å²) in [5, 5.41) is 15.4. The number of benzene rings is 1. The molecule has 0 bridgehead atoms. The van der Waals surface area contributed by atoms with Crippen molar-refractivity contribution in [2.75, 3.05) is 23.8 Å². The first-order valence-corrected chi connectivity index (χ1v) is 10.5. The fraction of sp³-hybridized carbons (Fsp3) is 0.476. The zero-order valence-corrected chi connectivity index (χ0v) is 17.1. The lowest BCUT2D eigenvalue weighted by atomic mass is 9.93. The molecule has 1 aliphatic carbocycles. The van der Waals surface area contributed by atoms with Crippen LogP contribution in [0.2, 0.25) is 0 Å². The quantitative estimate of drug-likeness (QED) is 0.547. The molecule has 11 heteroatoms. The molecule has 3 aromatic rings. The summed E-state index contributed by atoms with van der Waals surface area (Å²) < 4.78 is 57.7. The number of halogens is 3. The normalized spacial score (nSPS) is 26.3. The highest BCUT2D eigenvalue weighted by Crippen LogP contribution is 2.32. The molecule has 3 heterocycles. The predicted octanol–water partition coefficient (Wildman–Crippen LogP) is 3.66. The molecule has 170 valence electrons. The van der Waals surface area contributed by atoms with Gasteiger partial charge in [0, 0.05) is 24.8 Å². The smallest absolute Gasteiger partial charge is 0.224 e. The van der Waals surface area contributed by atoms with Gasteiger partial charge in [0.25, 0.3) is 0 Å². The zero-order valence-electron chi connectivity index (χ0n) is 18.1. The Balaban J connectivity index is 1.53. The molecular formula is C21H23F3N6O2. The number of hydrogen-bond acceptors (Lipinski definition) is 7. The first kappa shape index (κ1) is 19.7. The van der Waals surface area contributed by atoms with Crippen LogP contribution in [0.25, 0.3) is 11.2 Å². The van der Waals surface area contributed by atoms with Gasteiger partial charge in [-0.2, -0.15) is 4.98 Å². The van der Waals surface area contributed by atoms with Crippen molar-refractivity contribution >= 4 is 28.7 Å². The first-order valence-electron chi connectivity index (χ1n) is 11.0. The third kappa shape index (κ3) is 4.09. The summed E-state index contributed by atoms with van der Waals surface area (Å²) in [6.45, 7) is 0.874.